The first kappa shape index (κ1) is 19.2. The van der Waals surface area contributed by atoms with Gasteiger partial charge in [-0.15, -0.1) is 0 Å². The zero-order chi connectivity index (χ0) is 19.6. The molecule has 0 fully saturated rings. The molecule has 0 aliphatic heterocycles. The van der Waals surface area contributed by atoms with Gasteiger partial charge in [0.2, 0.25) is 0 Å². The summed E-state index contributed by atoms with van der Waals surface area (Å²) in [6, 6.07) is 6.77. The lowest BCUT2D eigenvalue weighted by Gasteiger charge is -2.27. The molecule has 3 aromatic rings. The SMILES string of the molecule is CC(C)C[C@](C)(N)COc1ccc(-c2ccnc3cc[nH]c23)nc1C(F)F. The fraction of sp³-hybridized carbons (Fsp3) is 0.400. The van der Waals surface area contributed by atoms with E-state index in [0.29, 0.717) is 17.2 Å². The second-order valence-electron chi connectivity index (χ2n) is 7.52. The van der Waals surface area contributed by atoms with Crippen molar-refractivity contribution in [1.29, 1.82) is 0 Å². The van der Waals surface area contributed by atoms with Crippen LogP contribution in [0, 0.1) is 5.92 Å². The Morgan fingerprint density at radius 3 is 2.70 bits per heavy atom. The first-order valence-corrected chi connectivity index (χ1v) is 8.90. The van der Waals surface area contributed by atoms with E-state index in [0.717, 1.165) is 17.5 Å². The summed E-state index contributed by atoms with van der Waals surface area (Å²) < 4.78 is 32.9. The van der Waals surface area contributed by atoms with Crippen molar-refractivity contribution in [2.45, 2.75) is 39.2 Å². The maximum atomic E-state index is 13.6. The van der Waals surface area contributed by atoms with Crippen LogP contribution in [0.25, 0.3) is 22.3 Å². The molecule has 1 atom stereocenters. The molecule has 0 aromatic carbocycles. The molecule has 7 heteroatoms. The Kier molecular flexibility index (Phi) is 5.41. The van der Waals surface area contributed by atoms with Gasteiger partial charge in [0.25, 0.3) is 6.43 Å². The van der Waals surface area contributed by atoms with E-state index in [-0.39, 0.29) is 18.1 Å². The topological polar surface area (TPSA) is 76.8 Å². The normalized spacial score (nSPS) is 14.1. The van der Waals surface area contributed by atoms with Crippen LogP contribution in [0.15, 0.2) is 36.7 Å². The van der Waals surface area contributed by atoms with Crippen molar-refractivity contribution in [3.8, 4) is 17.0 Å². The maximum Gasteiger partial charge on any atom is 0.284 e. The van der Waals surface area contributed by atoms with Gasteiger partial charge in [0, 0.05) is 23.5 Å². The summed E-state index contributed by atoms with van der Waals surface area (Å²) in [7, 11) is 0. The van der Waals surface area contributed by atoms with Gasteiger partial charge < -0.3 is 15.5 Å². The number of H-pyrrole nitrogens is 1. The van der Waals surface area contributed by atoms with Crippen molar-refractivity contribution in [2.24, 2.45) is 11.7 Å². The highest BCUT2D eigenvalue weighted by Crippen LogP contribution is 2.32. The first-order chi connectivity index (χ1) is 12.8. The molecule has 5 nitrogen and oxygen atoms in total. The summed E-state index contributed by atoms with van der Waals surface area (Å²) in [4.78, 5) is 11.5. The lowest BCUT2D eigenvalue weighted by Crippen LogP contribution is -2.43. The number of nitrogens with two attached hydrogens (primary N) is 1. The monoisotopic (exact) mass is 374 g/mol. The van der Waals surface area contributed by atoms with Gasteiger partial charge in [0.1, 0.15) is 18.1 Å². The molecule has 0 unspecified atom stereocenters. The van der Waals surface area contributed by atoms with Crippen LogP contribution in [0.5, 0.6) is 5.75 Å². The molecule has 3 heterocycles. The summed E-state index contributed by atoms with van der Waals surface area (Å²) in [6.07, 6.45) is 1.36. The number of hydrogen-bond donors (Lipinski definition) is 2. The predicted molar refractivity (Wildman–Crippen MR) is 102 cm³/mol. The van der Waals surface area contributed by atoms with Crippen LogP contribution in [0.1, 0.15) is 39.3 Å². The van der Waals surface area contributed by atoms with Crippen LogP contribution in [-0.2, 0) is 0 Å². The van der Waals surface area contributed by atoms with E-state index < -0.39 is 12.0 Å². The molecule has 3 N–H and O–H groups in total. The van der Waals surface area contributed by atoms with Gasteiger partial charge in [-0.3, -0.25) is 4.98 Å². The molecule has 3 aromatic heterocycles. The third-order valence-electron chi connectivity index (χ3n) is 4.25. The summed E-state index contributed by atoms with van der Waals surface area (Å²) in [5.74, 6) is 0.444. The third-order valence-corrected chi connectivity index (χ3v) is 4.25. The van der Waals surface area contributed by atoms with Crippen LogP contribution < -0.4 is 10.5 Å². The lowest BCUT2D eigenvalue weighted by molar-refractivity contribution is 0.134. The van der Waals surface area contributed by atoms with Gasteiger partial charge in [-0.25, -0.2) is 13.8 Å². The second-order valence-corrected chi connectivity index (χ2v) is 7.52. The number of aromatic nitrogens is 3. The Hall–Kier alpha value is -2.54. The number of ether oxygens (including phenoxy) is 1. The van der Waals surface area contributed by atoms with Gasteiger partial charge >= 0.3 is 0 Å². The molecule has 0 bridgehead atoms. The smallest absolute Gasteiger partial charge is 0.284 e. The van der Waals surface area contributed by atoms with Crippen molar-refractivity contribution < 1.29 is 13.5 Å². The molecule has 0 amide bonds. The van der Waals surface area contributed by atoms with Crippen LogP contribution in [0.2, 0.25) is 0 Å². The molecule has 0 aliphatic carbocycles. The molecule has 0 saturated carbocycles. The average Bonchev–Trinajstić information content (AvgIpc) is 3.07. The molecule has 144 valence electrons. The van der Waals surface area contributed by atoms with Gasteiger partial charge in [-0.05, 0) is 43.5 Å². The highest BCUT2D eigenvalue weighted by molar-refractivity contribution is 5.90. The highest BCUT2D eigenvalue weighted by atomic mass is 19.3. The summed E-state index contributed by atoms with van der Waals surface area (Å²) in [5.41, 5.74) is 7.88. The molecular weight excluding hydrogens is 350 g/mol. The van der Waals surface area contributed by atoms with Crippen molar-refractivity contribution in [1.82, 2.24) is 15.0 Å². The fourth-order valence-electron chi connectivity index (χ4n) is 3.30. The molecule has 3 rings (SSSR count). The summed E-state index contributed by atoms with van der Waals surface area (Å²) in [5, 5.41) is 0. The minimum Gasteiger partial charge on any atom is -0.490 e. The van der Waals surface area contributed by atoms with E-state index in [1.165, 1.54) is 6.07 Å². The van der Waals surface area contributed by atoms with Crippen LogP contribution in [-0.4, -0.2) is 27.1 Å². The number of alkyl halides is 2. The quantitative estimate of drug-likeness (QED) is 0.628. The number of rotatable bonds is 7. The van der Waals surface area contributed by atoms with Gasteiger partial charge in [0.15, 0.2) is 0 Å². The summed E-state index contributed by atoms with van der Waals surface area (Å²) in [6.45, 7) is 6.11. The largest absolute Gasteiger partial charge is 0.490 e. The molecule has 0 spiro atoms. The Labute approximate surface area is 157 Å². The van der Waals surface area contributed by atoms with Gasteiger partial charge in [-0.2, -0.15) is 0 Å². The fourth-order valence-corrected chi connectivity index (χ4v) is 3.30. The van der Waals surface area contributed by atoms with Gasteiger partial charge in [-0.1, -0.05) is 13.8 Å². The van der Waals surface area contributed by atoms with Crippen LogP contribution in [0.4, 0.5) is 8.78 Å². The van der Waals surface area contributed by atoms with E-state index in [1.807, 2.05) is 13.0 Å². The first-order valence-electron chi connectivity index (χ1n) is 8.90. The number of pyridine rings is 2. The number of nitrogens with one attached hydrogen (secondary N) is 1. The minimum atomic E-state index is -2.75. The zero-order valence-electron chi connectivity index (χ0n) is 15.7. The predicted octanol–water partition coefficient (Wildman–Crippen LogP) is 4.70. The number of hydrogen-bond acceptors (Lipinski definition) is 4. The maximum absolute atomic E-state index is 13.6. The van der Waals surface area contributed by atoms with E-state index in [4.69, 9.17) is 10.5 Å². The third kappa shape index (κ3) is 4.42. The number of fused-ring (bicyclic) bond motifs is 1. The molecule has 0 saturated heterocycles. The molecule has 0 radical (unpaired) electrons. The average molecular weight is 374 g/mol. The second kappa shape index (κ2) is 7.60. The molecular formula is C20H24F2N4O. The number of halogens is 2. The molecule has 0 aliphatic rings. The van der Waals surface area contributed by atoms with Crippen molar-refractivity contribution >= 4 is 11.0 Å². The Morgan fingerprint density at radius 2 is 2.00 bits per heavy atom. The van der Waals surface area contributed by atoms with E-state index in [2.05, 4.69) is 28.8 Å². The molecule has 27 heavy (non-hydrogen) atoms. The zero-order valence-corrected chi connectivity index (χ0v) is 15.7. The standard InChI is InChI=1S/C20H24F2N4O/c1-12(2)10-20(3,23)11-27-16-5-4-14(26-18(16)19(21)22)13-6-8-24-15-7-9-25-17(13)15/h4-9,12,19,25H,10-11,23H2,1-3H3/t20-/m0/s1. The van der Waals surface area contributed by atoms with E-state index in [1.54, 1.807) is 24.5 Å². The van der Waals surface area contributed by atoms with Crippen molar-refractivity contribution in [3.63, 3.8) is 0 Å². The minimum absolute atomic E-state index is 0.0611. The lowest BCUT2D eigenvalue weighted by atomic mass is 9.93. The number of nitrogens with zero attached hydrogens (tertiary/aromatic N) is 2. The van der Waals surface area contributed by atoms with Crippen LogP contribution >= 0.6 is 0 Å². The van der Waals surface area contributed by atoms with E-state index in [9.17, 15) is 8.78 Å². The summed E-state index contributed by atoms with van der Waals surface area (Å²) >= 11 is 0. The Morgan fingerprint density at radius 1 is 1.22 bits per heavy atom. The van der Waals surface area contributed by atoms with Crippen LogP contribution in [0.3, 0.4) is 0 Å². The number of aromatic amines is 1. The highest BCUT2D eigenvalue weighted by Gasteiger charge is 2.24. The Bertz CT molecular complexity index is 921. The van der Waals surface area contributed by atoms with Crippen molar-refractivity contribution in [2.75, 3.05) is 6.61 Å². The Balaban J connectivity index is 1.91. The van der Waals surface area contributed by atoms with Crippen molar-refractivity contribution in [3.05, 3.63) is 42.4 Å². The van der Waals surface area contributed by atoms with E-state index >= 15 is 0 Å². The van der Waals surface area contributed by atoms with Gasteiger partial charge in [0.05, 0.1) is 16.7 Å².